The lowest BCUT2D eigenvalue weighted by Crippen LogP contribution is -2.53. The van der Waals surface area contributed by atoms with Crippen molar-refractivity contribution in [1.82, 2.24) is 0 Å². The minimum atomic E-state index is -2.16. The lowest BCUT2D eigenvalue weighted by Gasteiger charge is -2.28. The highest BCUT2D eigenvalue weighted by Crippen LogP contribution is 2.25. The van der Waals surface area contributed by atoms with Crippen LogP contribution in [0.1, 0.15) is 25.7 Å². The molecular weight excluding hydrogens is 288 g/mol. The van der Waals surface area contributed by atoms with E-state index in [1.54, 1.807) is 0 Å². The lowest BCUT2D eigenvalue weighted by atomic mass is 9.87. The lowest BCUT2D eigenvalue weighted by molar-refractivity contribution is -0.139. The Morgan fingerprint density at radius 1 is 0.714 bits per heavy atom. The minimum Gasteiger partial charge on any atom is -0.481 e. The van der Waals surface area contributed by atoms with E-state index in [-0.39, 0.29) is 5.57 Å². The van der Waals surface area contributed by atoms with Crippen LogP contribution in [0.2, 0.25) is 0 Å². The molecule has 0 amide bonds. The van der Waals surface area contributed by atoms with Crippen molar-refractivity contribution in [2.75, 3.05) is 0 Å². The number of nitrogens with two attached hydrogens (primary N) is 2. The van der Waals surface area contributed by atoms with Gasteiger partial charge in [0.2, 0.25) is 0 Å². The number of carboxylic acid groups (broad SMARTS) is 4. The van der Waals surface area contributed by atoms with Crippen molar-refractivity contribution in [3.05, 3.63) is 11.1 Å². The Kier molecular flexibility index (Phi) is 6.49. The van der Waals surface area contributed by atoms with E-state index in [4.69, 9.17) is 31.9 Å². The maximum absolute atomic E-state index is 10.8. The van der Waals surface area contributed by atoms with Gasteiger partial charge in [-0.15, -0.1) is 0 Å². The first-order valence-corrected chi connectivity index (χ1v) is 5.62. The molecule has 0 atom stereocenters. The van der Waals surface area contributed by atoms with E-state index in [2.05, 4.69) is 0 Å². The smallest absolute Gasteiger partial charge is 0.307 e. The van der Waals surface area contributed by atoms with Crippen molar-refractivity contribution in [2.45, 2.75) is 31.3 Å². The molecule has 0 aliphatic rings. The molecule has 0 rings (SSSR count). The molecule has 118 valence electrons. The van der Waals surface area contributed by atoms with Gasteiger partial charge in [-0.2, -0.15) is 0 Å². The van der Waals surface area contributed by atoms with Crippen LogP contribution >= 0.6 is 0 Å². The normalized spacial score (nSPS) is 10.8. The molecule has 0 aliphatic carbocycles. The molecule has 10 heteroatoms. The highest BCUT2D eigenvalue weighted by Gasteiger charge is 2.33. The van der Waals surface area contributed by atoms with Gasteiger partial charge in [-0.3, -0.25) is 19.2 Å². The summed E-state index contributed by atoms with van der Waals surface area (Å²) in [5.74, 6) is -5.71. The van der Waals surface area contributed by atoms with Gasteiger partial charge in [0.25, 0.3) is 0 Å². The SMILES string of the molecule is NC(N)(CC(=O)O)C(CC(=O)O)=C(CC(=O)O)CC(=O)O. The molecule has 0 saturated carbocycles. The first kappa shape index (κ1) is 18.5. The Labute approximate surface area is 118 Å². The molecular formula is C11H16N2O8. The number of carbonyl (C=O) groups is 4. The maximum Gasteiger partial charge on any atom is 0.307 e. The summed E-state index contributed by atoms with van der Waals surface area (Å²) in [6.07, 6.45) is -3.33. The molecule has 10 nitrogen and oxygen atoms in total. The molecule has 0 saturated heterocycles. The molecule has 0 unspecified atom stereocenters. The van der Waals surface area contributed by atoms with E-state index in [0.717, 1.165) is 0 Å². The fraction of sp³-hybridized carbons (Fsp3) is 0.455. The number of hydrogen-bond donors (Lipinski definition) is 6. The van der Waals surface area contributed by atoms with Crippen LogP contribution in [-0.2, 0) is 19.2 Å². The van der Waals surface area contributed by atoms with Crippen molar-refractivity contribution >= 4 is 23.9 Å². The first-order chi connectivity index (χ1) is 9.45. The summed E-state index contributed by atoms with van der Waals surface area (Å²) in [4.78, 5) is 43.1. The van der Waals surface area contributed by atoms with Crippen molar-refractivity contribution < 1.29 is 39.6 Å². The Morgan fingerprint density at radius 2 is 1.10 bits per heavy atom. The van der Waals surface area contributed by atoms with Crippen LogP contribution in [0.15, 0.2) is 11.1 Å². The highest BCUT2D eigenvalue weighted by atomic mass is 16.4. The summed E-state index contributed by atoms with van der Waals surface area (Å²) in [6, 6.07) is 0. The van der Waals surface area contributed by atoms with Crippen LogP contribution in [0.25, 0.3) is 0 Å². The molecule has 0 aromatic rings. The molecule has 8 N–H and O–H groups in total. The minimum absolute atomic E-state index is 0.330. The Morgan fingerprint density at radius 3 is 1.38 bits per heavy atom. The van der Waals surface area contributed by atoms with Crippen molar-refractivity contribution in [3.8, 4) is 0 Å². The molecule has 0 spiro atoms. The second-order valence-electron chi connectivity index (χ2n) is 4.40. The van der Waals surface area contributed by atoms with Gasteiger partial charge in [-0.05, 0) is 11.1 Å². The van der Waals surface area contributed by atoms with Gasteiger partial charge >= 0.3 is 23.9 Å². The van der Waals surface area contributed by atoms with Crippen LogP contribution < -0.4 is 11.5 Å². The Hall–Kier alpha value is -2.46. The van der Waals surface area contributed by atoms with E-state index in [9.17, 15) is 19.2 Å². The summed E-state index contributed by atoms with van der Waals surface area (Å²) >= 11 is 0. The van der Waals surface area contributed by atoms with E-state index < -0.39 is 60.8 Å². The molecule has 0 fully saturated rings. The first-order valence-electron chi connectivity index (χ1n) is 5.62. The van der Waals surface area contributed by atoms with Gasteiger partial charge in [-0.1, -0.05) is 0 Å². The quantitative estimate of drug-likeness (QED) is 0.222. The molecule has 0 aromatic carbocycles. The second-order valence-corrected chi connectivity index (χ2v) is 4.40. The van der Waals surface area contributed by atoms with Crippen molar-refractivity contribution in [2.24, 2.45) is 11.5 Å². The van der Waals surface area contributed by atoms with Gasteiger partial charge in [0, 0.05) is 0 Å². The topological polar surface area (TPSA) is 201 Å². The number of hydrogen-bond acceptors (Lipinski definition) is 6. The predicted molar refractivity (Wildman–Crippen MR) is 67.1 cm³/mol. The maximum atomic E-state index is 10.8. The summed E-state index contributed by atoms with van der Waals surface area (Å²) < 4.78 is 0. The third-order valence-corrected chi connectivity index (χ3v) is 2.49. The van der Waals surface area contributed by atoms with E-state index in [1.165, 1.54) is 0 Å². The monoisotopic (exact) mass is 304 g/mol. The summed E-state index contributed by atoms with van der Waals surface area (Å²) in [5.41, 5.74) is 8.20. The van der Waals surface area contributed by atoms with Crippen LogP contribution in [0.5, 0.6) is 0 Å². The Balaban J connectivity index is 5.90. The fourth-order valence-corrected chi connectivity index (χ4v) is 1.77. The van der Waals surface area contributed by atoms with Crippen LogP contribution in [0.4, 0.5) is 0 Å². The van der Waals surface area contributed by atoms with Crippen LogP contribution in [-0.4, -0.2) is 50.0 Å². The van der Waals surface area contributed by atoms with Gasteiger partial charge in [0.15, 0.2) is 0 Å². The molecule has 0 heterocycles. The van der Waals surface area contributed by atoms with Crippen molar-refractivity contribution in [3.63, 3.8) is 0 Å². The number of rotatable bonds is 9. The van der Waals surface area contributed by atoms with E-state index >= 15 is 0 Å². The zero-order chi connectivity index (χ0) is 16.8. The van der Waals surface area contributed by atoms with Crippen molar-refractivity contribution in [1.29, 1.82) is 0 Å². The van der Waals surface area contributed by atoms with Crippen LogP contribution in [0, 0.1) is 0 Å². The molecule has 0 radical (unpaired) electrons. The van der Waals surface area contributed by atoms with E-state index in [0.29, 0.717) is 0 Å². The third kappa shape index (κ3) is 7.03. The molecule has 21 heavy (non-hydrogen) atoms. The Bertz CT molecular complexity index is 476. The fourth-order valence-electron chi connectivity index (χ4n) is 1.77. The van der Waals surface area contributed by atoms with Gasteiger partial charge in [-0.25, -0.2) is 0 Å². The average molecular weight is 304 g/mol. The molecule has 0 aliphatic heterocycles. The van der Waals surface area contributed by atoms with Gasteiger partial charge < -0.3 is 31.9 Å². The molecule has 0 bridgehead atoms. The van der Waals surface area contributed by atoms with E-state index in [1.807, 2.05) is 0 Å². The summed E-state index contributed by atoms with van der Waals surface area (Å²) in [7, 11) is 0. The highest BCUT2D eigenvalue weighted by molar-refractivity contribution is 5.79. The second kappa shape index (κ2) is 7.36. The standard InChI is InChI=1S/C11H16N2O8/c12-11(13,4-10(20)21)6(3-9(18)19)5(1-7(14)15)2-8(16)17/h1-4,12-13H2,(H,14,15)(H,16,17)(H,18,19)(H,20,21). The van der Waals surface area contributed by atoms with Crippen LogP contribution in [0.3, 0.4) is 0 Å². The summed E-state index contributed by atoms with van der Waals surface area (Å²) in [5, 5.41) is 35.0. The predicted octanol–water partition coefficient (Wildman–Crippen LogP) is -1.20. The van der Waals surface area contributed by atoms with Gasteiger partial charge in [0.05, 0.1) is 31.3 Å². The zero-order valence-electron chi connectivity index (χ0n) is 10.9. The average Bonchev–Trinajstić information content (AvgIpc) is 2.21. The number of aliphatic carboxylic acids is 4. The van der Waals surface area contributed by atoms with Gasteiger partial charge in [0.1, 0.15) is 0 Å². The largest absolute Gasteiger partial charge is 0.481 e. The zero-order valence-corrected chi connectivity index (χ0v) is 10.9. The third-order valence-electron chi connectivity index (χ3n) is 2.49. The number of carboxylic acids is 4. The summed E-state index contributed by atoms with van der Waals surface area (Å²) in [6.45, 7) is 0. The molecule has 0 aromatic heterocycles.